The van der Waals surface area contributed by atoms with Crippen LogP contribution in [-0.2, 0) is 6.54 Å². The number of tetrazole rings is 1. The Labute approximate surface area is 195 Å². The molecule has 0 aliphatic heterocycles. The summed E-state index contributed by atoms with van der Waals surface area (Å²) >= 11 is 0. The van der Waals surface area contributed by atoms with Gasteiger partial charge in [0.2, 0.25) is 5.95 Å². The van der Waals surface area contributed by atoms with E-state index in [2.05, 4.69) is 37.8 Å². The number of carboxylic acid groups (broad SMARTS) is 1. The summed E-state index contributed by atoms with van der Waals surface area (Å²) in [4.78, 5) is 16.6. The van der Waals surface area contributed by atoms with Crippen molar-refractivity contribution in [3.05, 3.63) is 77.9 Å². The van der Waals surface area contributed by atoms with Crippen LogP contribution in [0.15, 0.2) is 66.7 Å². The van der Waals surface area contributed by atoms with E-state index in [-0.39, 0.29) is 5.56 Å². The van der Waals surface area contributed by atoms with Crippen LogP contribution in [0.2, 0.25) is 0 Å². The zero-order chi connectivity index (χ0) is 23.5. The van der Waals surface area contributed by atoms with Gasteiger partial charge in [-0.05, 0) is 51.7 Å². The summed E-state index contributed by atoms with van der Waals surface area (Å²) in [6.07, 6.45) is 0.920. The smallest absolute Gasteiger partial charge is 0.337 e. The first-order valence-corrected chi connectivity index (χ1v) is 11.0. The third kappa shape index (κ3) is 3.99. The summed E-state index contributed by atoms with van der Waals surface area (Å²) < 4.78 is 1.92. The van der Waals surface area contributed by atoms with Crippen molar-refractivity contribution in [2.45, 2.75) is 19.9 Å². The molecule has 0 saturated heterocycles. The number of rotatable bonds is 8. The van der Waals surface area contributed by atoms with Crippen LogP contribution in [0.1, 0.15) is 29.3 Å². The standard InChI is InChI=1S/C25H23N7O2/c1-2-13-26-25-27-21-10-6-9-19(24(33)34)22(21)32(25)15-16-11-12-18(17-7-4-3-5-8-17)20(14-16)23-28-30-31-29-23/h3-12,14H,2,13,15H2,1H3,(H,26,27)(H,33,34)(H,28,29,30,31). The van der Waals surface area contributed by atoms with Gasteiger partial charge in [-0.1, -0.05) is 55.5 Å². The van der Waals surface area contributed by atoms with Gasteiger partial charge in [-0.15, -0.1) is 5.10 Å². The number of hydrogen-bond acceptors (Lipinski definition) is 6. The Bertz CT molecular complexity index is 1440. The Morgan fingerprint density at radius 2 is 1.91 bits per heavy atom. The second-order valence-electron chi connectivity index (χ2n) is 7.92. The summed E-state index contributed by atoms with van der Waals surface area (Å²) in [5.74, 6) is 0.217. The molecule has 34 heavy (non-hydrogen) atoms. The first kappa shape index (κ1) is 21.3. The van der Waals surface area contributed by atoms with E-state index < -0.39 is 5.97 Å². The van der Waals surface area contributed by atoms with Crippen LogP contribution in [0.4, 0.5) is 5.95 Å². The van der Waals surface area contributed by atoms with Crippen molar-refractivity contribution in [1.82, 2.24) is 30.2 Å². The monoisotopic (exact) mass is 453 g/mol. The lowest BCUT2D eigenvalue weighted by molar-refractivity contribution is 0.0698. The minimum Gasteiger partial charge on any atom is -0.478 e. The second kappa shape index (κ2) is 9.14. The van der Waals surface area contributed by atoms with E-state index in [9.17, 15) is 9.90 Å². The zero-order valence-electron chi connectivity index (χ0n) is 18.6. The second-order valence-corrected chi connectivity index (χ2v) is 7.92. The number of fused-ring (bicyclic) bond motifs is 1. The van der Waals surface area contributed by atoms with E-state index in [1.165, 1.54) is 0 Å². The third-order valence-electron chi connectivity index (χ3n) is 5.64. The van der Waals surface area contributed by atoms with Crippen molar-refractivity contribution in [3.63, 3.8) is 0 Å². The van der Waals surface area contributed by atoms with Crippen LogP contribution in [0.3, 0.4) is 0 Å². The summed E-state index contributed by atoms with van der Waals surface area (Å²) in [5.41, 5.74) is 5.31. The number of imidazole rings is 1. The van der Waals surface area contributed by atoms with Gasteiger partial charge in [0, 0.05) is 12.1 Å². The van der Waals surface area contributed by atoms with Gasteiger partial charge in [0.25, 0.3) is 0 Å². The van der Waals surface area contributed by atoms with Gasteiger partial charge in [0.1, 0.15) is 0 Å². The maximum absolute atomic E-state index is 12.0. The third-order valence-corrected chi connectivity index (χ3v) is 5.64. The lowest BCUT2D eigenvalue weighted by atomic mass is 9.97. The van der Waals surface area contributed by atoms with Crippen molar-refractivity contribution in [2.75, 3.05) is 11.9 Å². The van der Waals surface area contributed by atoms with Gasteiger partial charge in [-0.3, -0.25) is 0 Å². The topological polar surface area (TPSA) is 122 Å². The van der Waals surface area contributed by atoms with Gasteiger partial charge in [-0.2, -0.15) is 0 Å². The lowest BCUT2D eigenvalue weighted by Gasteiger charge is -2.14. The molecule has 170 valence electrons. The maximum atomic E-state index is 12.0. The van der Waals surface area contributed by atoms with Crippen LogP contribution >= 0.6 is 0 Å². The minimum atomic E-state index is -0.985. The number of anilines is 1. The molecular weight excluding hydrogens is 430 g/mol. The van der Waals surface area contributed by atoms with Crippen LogP contribution in [-0.4, -0.2) is 47.8 Å². The highest BCUT2D eigenvalue weighted by Gasteiger charge is 2.19. The van der Waals surface area contributed by atoms with E-state index in [1.807, 2.05) is 59.2 Å². The highest BCUT2D eigenvalue weighted by Crippen LogP contribution is 2.32. The molecule has 0 fully saturated rings. The number of aromatic nitrogens is 6. The molecule has 9 heteroatoms. The highest BCUT2D eigenvalue weighted by atomic mass is 16.4. The molecular formula is C25H23N7O2. The van der Waals surface area contributed by atoms with Crippen LogP contribution in [0.5, 0.6) is 0 Å². The minimum absolute atomic E-state index is 0.218. The number of carboxylic acids is 1. The molecule has 0 aliphatic carbocycles. The van der Waals surface area contributed by atoms with Crippen LogP contribution in [0, 0.1) is 0 Å². The molecule has 2 heterocycles. The number of nitrogens with zero attached hydrogens (tertiary/aromatic N) is 5. The van der Waals surface area contributed by atoms with Crippen molar-refractivity contribution < 1.29 is 9.90 Å². The zero-order valence-corrected chi connectivity index (χ0v) is 18.6. The quantitative estimate of drug-likeness (QED) is 0.317. The molecule has 0 aliphatic rings. The molecule has 0 amide bonds. The Morgan fingerprint density at radius 1 is 1.06 bits per heavy atom. The first-order valence-electron chi connectivity index (χ1n) is 11.0. The fourth-order valence-electron chi connectivity index (χ4n) is 4.09. The lowest BCUT2D eigenvalue weighted by Crippen LogP contribution is -2.11. The van der Waals surface area contributed by atoms with E-state index in [0.717, 1.165) is 35.2 Å². The fraction of sp³-hybridized carbons (Fsp3) is 0.160. The van der Waals surface area contributed by atoms with Gasteiger partial charge < -0.3 is 15.0 Å². The number of H-pyrrole nitrogens is 1. The number of carbonyl (C=O) groups is 1. The summed E-state index contributed by atoms with van der Waals surface area (Å²) in [5, 5.41) is 27.6. The molecule has 0 radical (unpaired) electrons. The maximum Gasteiger partial charge on any atom is 0.337 e. The summed E-state index contributed by atoms with van der Waals surface area (Å²) in [7, 11) is 0. The van der Waals surface area contributed by atoms with E-state index >= 15 is 0 Å². The normalized spacial score (nSPS) is 11.1. The Morgan fingerprint density at radius 3 is 2.65 bits per heavy atom. The number of benzene rings is 3. The molecule has 0 unspecified atom stereocenters. The number of hydrogen-bond donors (Lipinski definition) is 3. The fourth-order valence-corrected chi connectivity index (χ4v) is 4.09. The number of para-hydroxylation sites is 1. The average Bonchev–Trinajstić information content (AvgIpc) is 3.52. The highest BCUT2D eigenvalue weighted by molar-refractivity contribution is 6.02. The Balaban J connectivity index is 1.64. The van der Waals surface area contributed by atoms with Crippen LogP contribution in [0.25, 0.3) is 33.5 Å². The average molecular weight is 454 g/mol. The van der Waals surface area contributed by atoms with Gasteiger partial charge in [0.05, 0.1) is 23.1 Å². The predicted molar refractivity (Wildman–Crippen MR) is 130 cm³/mol. The molecule has 5 aromatic rings. The number of nitrogens with one attached hydrogen (secondary N) is 2. The molecule has 3 aromatic carbocycles. The number of aromatic amines is 1. The molecule has 0 spiro atoms. The van der Waals surface area contributed by atoms with E-state index in [4.69, 9.17) is 0 Å². The van der Waals surface area contributed by atoms with Crippen molar-refractivity contribution in [1.29, 1.82) is 0 Å². The Kier molecular flexibility index (Phi) is 5.73. The molecule has 0 saturated carbocycles. The molecule has 0 bridgehead atoms. The van der Waals surface area contributed by atoms with Gasteiger partial charge >= 0.3 is 5.97 Å². The molecule has 2 aromatic heterocycles. The number of aromatic carboxylic acids is 1. The largest absolute Gasteiger partial charge is 0.478 e. The van der Waals surface area contributed by atoms with Gasteiger partial charge in [0.15, 0.2) is 5.82 Å². The van der Waals surface area contributed by atoms with E-state index in [1.54, 1.807) is 12.1 Å². The molecule has 0 atom stereocenters. The SMILES string of the molecule is CCCNc1nc2cccc(C(=O)O)c2n1Cc1ccc(-c2ccccc2)c(-c2nnn[nH]2)c1. The van der Waals surface area contributed by atoms with Crippen LogP contribution < -0.4 is 5.32 Å². The molecule has 5 rings (SSSR count). The van der Waals surface area contributed by atoms with Gasteiger partial charge in [-0.25, -0.2) is 14.9 Å². The van der Waals surface area contributed by atoms with Crippen molar-refractivity contribution in [3.8, 4) is 22.5 Å². The van der Waals surface area contributed by atoms with E-state index in [0.29, 0.717) is 29.4 Å². The first-order chi connectivity index (χ1) is 16.7. The Hall–Kier alpha value is -4.53. The summed E-state index contributed by atoms with van der Waals surface area (Å²) in [6.45, 7) is 3.23. The van der Waals surface area contributed by atoms with Crippen molar-refractivity contribution in [2.24, 2.45) is 0 Å². The summed E-state index contributed by atoms with van der Waals surface area (Å²) in [6, 6.07) is 21.3. The van der Waals surface area contributed by atoms with Crippen molar-refractivity contribution >= 4 is 23.0 Å². The predicted octanol–water partition coefficient (Wildman–Crippen LogP) is 4.45. The molecule has 3 N–H and O–H groups in total. The molecule has 9 nitrogen and oxygen atoms in total.